The van der Waals surface area contributed by atoms with Crippen molar-refractivity contribution in [2.45, 2.75) is 32.4 Å². The molecule has 0 saturated carbocycles. The van der Waals surface area contributed by atoms with Gasteiger partial charge < -0.3 is 15.5 Å². The largest absolute Gasteiger partial charge is 0.504 e. The molecular weight excluding hydrogens is 228 g/mol. The molecule has 18 heavy (non-hydrogen) atoms. The number of piperidine rings is 1. The first-order chi connectivity index (χ1) is 8.70. The molecule has 1 aliphatic heterocycles. The van der Waals surface area contributed by atoms with Gasteiger partial charge >= 0.3 is 0 Å². The molecule has 1 unspecified atom stereocenters. The average Bonchev–Trinajstić information content (AvgIpc) is 2.41. The van der Waals surface area contributed by atoms with E-state index >= 15 is 0 Å². The van der Waals surface area contributed by atoms with Gasteiger partial charge in [-0.05, 0) is 43.6 Å². The lowest BCUT2D eigenvalue weighted by molar-refractivity contribution is 0.166. The van der Waals surface area contributed by atoms with E-state index in [1.165, 1.54) is 12.8 Å². The van der Waals surface area contributed by atoms with Crippen LogP contribution in [0.25, 0.3) is 0 Å². The third kappa shape index (κ3) is 3.15. The van der Waals surface area contributed by atoms with Crippen LogP contribution in [0.5, 0.6) is 11.5 Å². The lowest BCUT2D eigenvalue weighted by Crippen LogP contribution is -2.45. The van der Waals surface area contributed by atoms with Crippen LogP contribution < -0.4 is 5.32 Å². The number of hydrogen-bond donors (Lipinski definition) is 3. The quantitative estimate of drug-likeness (QED) is 0.712. The second-order valence-corrected chi connectivity index (χ2v) is 4.89. The van der Waals surface area contributed by atoms with Crippen LogP contribution in [0.2, 0.25) is 0 Å². The number of rotatable bonds is 4. The number of aromatic hydroxyl groups is 2. The molecule has 1 fully saturated rings. The fourth-order valence-corrected chi connectivity index (χ4v) is 2.55. The lowest BCUT2D eigenvalue weighted by Gasteiger charge is -2.34. The van der Waals surface area contributed by atoms with Crippen LogP contribution in [0.4, 0.5) is 0 Å². The first kappa shape index (κ1) is 13.2. The first-order valence-electron chi connectivity index (χ1n) is 6.66. The summed E-state index contributed by atoms with van der Waals surface area (Å²) >= 11 is 0. The van der Waals surface area contributed by atoms with Crippen LogP contribution in [0.15, 0.2) is 18.2 Å². The molecule has 2 rings (SSSR count). The molecule has 0 spiro atoms. The fourth-order valence-electron chi connectivity index (χ4n) is 2.55. The second kappa shape index (κ2) is 6.07. The number of hydrogen-bond acceptors (Lipinski definition) is 4. The van der Waals surface area contributed by atoms with Gasteiger partial charge in [0.2, 0.25) is 0 Å². The monoisotopic (exact) mass is 250 g/mol. The molecule has 3 N–H and O–H groups in total. The Morgan fingerprint density at radius 3 is 2.78 bits per heavy atom. The Balaban J connectivity index is 2.02. The highest BCUT2D eigenvalue weighted by Gasteiger charge is 2.19. The van der Waals surface area contributed by atoms with Gasteiger partial charge in [0.25, 0.3) is 0 Å². The Morgan fingerprint density at radius 1 is 1.33 bits per heavy atom. The molecule has 0 aliphatic carbocycles. The number of phenolic OH excluding ortho intramolecular Hbond substituents is 2. The summed E-state index contributed by atoms with van der Waals surface area (Å²) in [6.45, 7) is 6.13. The highest BCUT2D eigenvalue weighted by molar-refractivity contribution is 5.40. The number of phenols is 2. The van der Waals surface area contributed by atoms with Gasteiger partial charge in [0, 0.05) is 19.1 Å². The number of benzene rings is 1. The minimum absolute atomic E-state index is 0.0367. The van der Waals surface area contributed by atoms with Crippen LogP contribution in [-0.4, -0.2) is 40.8 Å². The molecule has 1 aromatic rings. The Kier molecular flexibility index (Phi) is 4.44. The van der Waals surface area contributed by atoms with E-state index in [2.05, 4.69) is 17.1 Å². The van der Waals surface area contributed by atoms with Gasteiger partial charge in [0.05, 0.1) is 0 Å². The van der Waals surface area contributed by atoms with Crippen molar-refractivity contribution in [1.82, 2.24) is 10.2 Å². The van der Waals surface area contributed by atoms with Gasteiger partial charge in [-0.25, -0.2) is 0 Å². The molecular formula is C14H22N2O2. The normalized spacial score (nSPS) is 20.2. The van der Waals surface area contributed by atoms with Crippen molar-refractivity contribution in [2.75, 3.05) is 19.6 Å². The molecule has 1 atom stereocenters. The van der Waals surface area contributed by atoms with Crippen molar-refractivity contribution in [2.24, 2.45) is 0 Å². The standard InChI is InChI=1S/C14H22N2O2/c1-2-16(12-4-3-7-15-9-12)10-11-5-6-13(17)14(18)8-11/h5-6,8,12,15,17-18H,2-4,7,9-10H2,1H3. The summed E-state index contributed by atoms with van der Waals surface area (Å²) in [4.78, 5) is 2.41. The van der Waals surface area contributed by atoms with E-state index in [1.807, 2.05) is 6.07 Å². The smallest absolute Gasteiger partial charge is 0.157 e. The molecule has 0 bridgehead atoms. The summed E-state index contributed by atoms with van der Waals surface area (Å²) in [5.41, 5.74) is 1.04. The zero-order chi connectivity index (χ0) is 13.0. The molecule has 4 heteroatoms. The average molecular weight is 250 g/mol. The summed E-state index contributed by atoms with van der Waals surface area (Å²) in [6.07, 6.45) is 2.45. The molecule has 100 valence electrons. The molecule has 1 saturated heterocycles. The van der Waals surface area contributed by atoms with Gasteiger partial charge in [-0.3, -0.25) is 4.90 Å². The van der Waals surface area contributed by atoms with E-state index in [0.29, 0.717) is 6.04 Å². The first-order valence-corrected chi connectivity index (χ1v) is 6.66. The van der Waals surface area contributed by atoms with Crippen LogP contribution in [0.3, 0.4) is 0 Å². The van der Waals surface area contributed by atoms with E-state index in [4.69, 9.17) is 0 Å². The lowest BCUT2D eigenvalue weighted by atomic mass is 10.0. The van der Waals surface area contributed by atoms with Crippen molar-refractivity contribution in [3.05, 3.63) is 23.8 Å². The summed E-state index contributed by atoms with van der Waals surface area (Å²) in [5, 5.41) is 22.3. The molecule has 1 aromatic carbocycles. The van der Waals surface area contributed by atoms with Crippen molar-refractivity contribution < 1.29 is 10.2 Å². The molecule has 0 radical (unpaired) electrons. The van der Waals surface area contributed by atoms with Crippen LogP contribution in [0, 0.1) is 0 Å². The number of likely N-dealkylation sites (N-methyl/N-ethyl adjacent to an activating group) is 1. The van der Waals surface area contributed by atoms with E-state index in [0.717, 1.165) is 31.7 Å². The van der Waals surface area contributed by atoms with E-state index in [1.54, 1.807) is 12.1 Å². The zero-order valence-corrected chi connectivity index (χ0v) is 10.9. The van der Waals surface area contributed by atoms with Gasteiger partial charge in [0.1, 0.15) is 0 Å². The highest BCUT2D eigenvalue weighted by Crippen LogP contribution is 2.26. The van der Waals surface area contributed by atoms with Crippen molar-refractivity contribution in [1.29, 1.82) is 0 Å². The maximum absolute atomic E-state index is 9.52. The topological polar surface area (TPSA) is 55.7 Å². The Labute approximate surface area is 108 Å². The molecule has 1 heterocycles. The maximum atomic E-state index is 9.52. The van der Waals surface area contributed by atoms with Crippen LogP contribution >= 0.6 is 0 Å². The zero-order valence-electron chi connectivity index (χ0n) is 10.9. The number of nitrogens with one attached hydrogen (secondary N) is 1. The predicted molar refractivity (Wildman–Crippen MR) is 71.7 cm³/mol. The summed E-state index contributed by atoms with van der Waals surface area (Å²) < 4.78 is 0. The maximum Gasteiger partial charge on any atom is 0.157 e. The van der Waals surface area contributed by atoms with Crippen LogP contribution in [0.1, 0.15) is 25.3 Å². The third-order valence-electron chi connectivity index (χ3n) is 3.62. The summed E-state index contributed by atoms with van der Waals surface area (Å²) in [5.74, 6) is -0.0912. The van der Waals surface area contributed by atoms with Crippen molar-refractivity contribution >= 4 is 0 Å². The molecule has 0 amide bonds. The summed E-state index contributed by atoms with van der Waals surface area (Å²) in [7, 11) is 0. The van der Waals surface area contributed by atoms with Crippen LogP contribution in [-0.2, 0) is 6.54 Å². The minimum Gasteiger partial charge on any atom is -0.504 e. The Morgan fingerprint density at radius 2 is 2.17 bits per heavy atom. The van der Waals surface area contributed by atoms with Gasteiger partial charge in [0.15, 0.2) is 11.5 Å². The Bertz CT molecular complexity index is 389. The van der Waals surface area contributed by atoms with Gasteiger partial charge in [-0.1, -0.05) is 13.0 Å². The SMILES string of the molecule is CCN(Cc1ccc(O)c(O)c1)C1CCCNC1. The Hall–Kier alpha value is -1.26. The van der Waals surface area contributed by atoms with Gasteiger partial charge in [-0.15, -0.1) is 0 Å². The molecule has 4 nitrogen and oxygen atoms in total. The fraction of sp³-hybridized carbons (Fsp3) is 0.571. The highest BCUT2D eigenvalue weighted by atomic mass is 16.3. The second-order valence-electron chi connectivity index (χ2n) is 4.89. The third-order valence-corrected chi connectivity index (χ3v) is 3.62. The van der Waals surface area contributed by atoms with E-state index < -0.39 is 0 Å². The minimum atomic E-state index is -0.0545. The van der Waals surface area contributed by atoms with E-state index in [-0.39, 0.29) is 11.5 Å². The van der Waals surface area contributed by atoms with Crippen molar-refractivity contribution in [3.8, 4) is 11.5 Å². The van der Waals surface area contributed by atoms with Gasteiger partial charge in [-0.2, -0.15) is 0 Å². The molecule has 1 aliphatic rings. The summed E-state index contributed by atoms with van der Waals surface area (Å²) in [6, 6.07) is 5.64. The van der Waals surface area contributed by atoms with E-state index in [9.17, 15) is 10.2 Å². The number of nitrogens with zero attached hydrogens (tertiary/aromatic N) is 1. The van der Waals surface area contributed by atoms with Crippen molar-refractivity contribution in [3.63, 3.8) is 0 Å². The predicted octanol–water partition coefficient (Wildman–Crippen LogP) is 1.67. The molecule has 0 aromatic heterocycles.